The minimum absolute atomic E-state index is 0.982. The molecule has 0 spiro atoms. The SMILES string of the molecule is C=C1/C=C(c2ccc(C)cc2)\C=C/N(c2ccccc2)c2cc3c(cc21)CCc1cc2c4cc(-c5ccc(C)cc5)ccc4n(-c4ccccc4)c2cc1-3. The normalized spacial score (nSPS) is 15.2. The van der Waals surface area contributed by atoms with Crippen LogP contribution in [0.25, 0.3) is 60.9 Å². The maximum absolute atomic E-state index is 4.68. The summed E-state index contributed by atoms with van der Waals surface area (Å²) in [4.78, 5) is 2.34. The van der Waals surface area contributed by atoms with Crippen LogP contribution >= 0.6 is 0 Å². The fourth-order valence-electron chi connectivity index (χ4n) is 8.45. The molecule has 0 saturated carbocycles. The largest absolute Gasteiger partial charge is 0.317 e. The molecule has 1 aliphatic carbocycles. The summed E-state index contributed by atoms with van der Waals surface area (Å²) in [7, 11) is 0. The van der Waals surface area contributed by atoms with Gasteiger partial charge in [-0.05, 0) is 150 Å². The minimum Gasteiger partial charge on any atom is -0.317 e. The predicted octanol–water partition coefficient (Wildman–Crippen LogP) is 13.6. The van der Waals surface area contributed by atoms with Crippen LogP contribution in [-0.4, -0.2) is 4.57 Å². The molecule has 10 rings (SSSR count). The van der Waals surface area contributed by atoms with Crippen LogP contribution in [0, 0.1) is 13.8 Å². The van der Waals surface area contributed by atoms with Crippen molar-refractivity contribution in [1.29, 1.82) is 0 Å². The van der Waals surface area contributed by atoms with E-state index in [1.165, 1.54) is 77.6 Å². The molecule has 0 fully saturated rings. The summed E-state index contributed by atoms with van der Waals surface area (Å²) in [6.07, 6.45) is 8.68. The Kier molecular flexibility index (Phi) is 7.59. The second-order valence-electron chi connectivity index (χ2n) is 14.8. The number of aryl methyl sites for hydroxylation is 4. The van der Waals surface area contributed by atoms with E-state index in [2.05, 4.69) is 200 Å². The smallest absolute Gasteiger partial charge is 0.0547 e. The van der Waals surface area contributed by atoms with Crippen molar-refractivity contribution >= 4 is 44.3 Å². The maximum atomic E-state index is 4.68. The lowest BCUT2D eigenvalue weighted by molar-refractivity contribution is 0.942. The van der Waals surface area contributed by atoms with Crippen LogP contribution in [0.3, 0.4) is 0 Å². The van der Waals surface area contributed by atoms with E-state index < -0.39 is 0 Å². The van der Waals surface area contributed by atoms with E-state index in [0.29, 0.717) is 0 Å². The van der Waals surface area contributed by atoms with Crippen molar-refractivity contribution in [1.82, 2.24) is 4.57 Å². The molecule has 2 nitrogen and oxygen atoms in total. The summed E-state index contributed by atoms with van der Waals surface area (Å²) in [5.41, 5.74) is 20.8. The molecule has 0 N–H and O–H groups in total. The molecule has 0 atom stereocenters. The molecule has 2 heterocycles. The standard InChI is InChI=1S/C52H40N2/c1-34-14-18-37(19-15-34)39-24-25-50-48(29-39)49-31-42-23-22-41-30-45-36(3)28-40(38-20-16-35(2)17-21-38)26-27-53(43-10-6-4-7-11-43)51(45)32-46(41)47(42)33-52(49)54(50)44-12-8-5-9-13-44/h4-21,24-33H,3,22-23H2,1-2H3/b27-26-,40-28+. The topological polar surface area (TPSA) is 8.17 Å². The number of rotatable bonds is 4. The van der Waals surface area contributed by atoms with Gasteiger partial charge in [-0.2, -0.15) is 0 Å². The van der Waals surface area contributed by atoms with Crippen molar-refractivity contribution in [3.05, 3.63) is 210 Å². The first kappa shape index (κ1) is 32.0. The van der Waals surface area contributed by atoms with Crippen molar-refractivity contribution in [2.45, 2.75) is 26.7 Å². The summed E-state index contributed by atoms with van der Waals surface area (Å²) < 4.78 is 2.45. The lowest BCUT2D eigenvalue weighted by Gasteiger charge is -2.30. The highest BCUT2D eigenvalue weighted by Crippen LogP contribution is 2.46. The Hall–Kier alpha value is -6.64. The number of allylic oxidation sites excluding steroid dienone is 4. The zero-order chi connectivity index (χ0) is 36.3. The monoisotopic (exact) mass is 692 g/mol. The number of nitrogens with zero attached hydrogens (tertiary/aromatic N) is 2. The van der Waals surface area contributed by atoms with Gasteiger partial charge in [0, 0.05) is 33.9 Å². The fourth-order valence-corrected chi connectivity index (χ4v) is 8.45. The quantitative estimate of drug-likeness (QED) is 0.178. The van der Waals surface area contributed by atoms with Crippen LogP contribution < -0.4 is 4.90 Å². The Morgan fingerprint density at radius 2 is 1.09 bits per heavy atom. The van der Waals surface area contributed by atoms with Crippen molar-refractivity contribution in [2.24, 2.45) is 0 Å². The second kappa shape index (κ2) is 12.8. The number of fused-ring (bicyclic) bond motifs is 7. The maximum Gasteiger partial charge on any atom is 0.0547 e. The van der Waals surface area contributed by atoms with E-state index >= 15 is 0 Å². The van der Waals surface area contributed by atoms with Crippen molar-refractivity contribution < 1.29 is 0 Å². The van der Waals surface area contributed by atoms with Gasteiger partial charge in [0.25, 0.3) is 0 Å². The van der Waals surface area contributed by atoms with E-state index in [-0.39, 0.29) is 0 Å². The molecule has 258 valence electrons. The molecule has 54 heavy (non-hydrogen) atoms. The average molecular weight is 693 g/mol. The first-order valence-corrected chi connectivity index (χ1v) is 18.9. The molecule has 0 saturated heterocycles. The third-order valence-electron chi connectivity index (χ3n) is 11.3. The van der Waals surface area contributed by atoms with Gasteiger partial charge in [0.1, 0.15) is 0 Å². The van der Waals surface area contributed by atoms with Crippen LogP contribution in [0.4, 0.5) is 11.4 Å². The van der Waals surface area contributed by atoms with Crippen molar-refractivity contribution in [3.63, 3.8) is 0 Å². The van der Waals surface area contributed by atoms with Gasteiger partial charge in [-0.25, -0.2) is 0 Å². The highest BCUT2D eigenvalue weighted by atomic mass is 15.1. The van der Waals surface area contributed by atoms with Crippen LogP contribution in [-0.2, 0) is 12.8 Å². The summed E-state index contributed by atoms with van der Waals surface area (Å²) in [5, 5.41) is 2.58. The Labute approximate surface area is 317 Å². The van der Waals surface area contributed by atoms with Gasteiger partial charge in [0.15, 0.2) is 0 Å². The zero-order valence-corrected chi connectivity index (χ0v) is 30.7. The van der Waals surface area contributed by atoms with Gasteiger partial charge in [-0.15, -0.1) is 0 Å². The van der Waals surface area contributed by atoms with Crippen LogP contribution in [0.15, 0.2) is 177 Å². The number of hydrogen-bond acceptors (Lipinski definition) is 1. The summed E-state index contributed by atoms with van der Waals surface area (Å²) >= 11 is 0. The number of para-hydroxylation sites is 2. The Balaban J connectivity index is 1.18. The molecule has 7 aromatic carbocycles. The summed E-state index contributed by atoms with van der Waals surface area (Å²) in [5.74, 6) is 0. The highest BCUT2D eigenvalue weighted by molar-refractivity contribution is 6.12. The van der Waals surface area contributed by atoms with Gasteiger partial charge in [-0.1, -0.05) is 109 Å². The Bertz CT molecular complexity index is 2810. The summed E-state index contributed by atoms with van der Waals surface area (Å²) in [6, 6.07) is 55.9. The van der Waals surface area contributed by atoms with Gasteiger partial charge in [0.2, 0.25) is 0 Å². The molecule has 2 aliphatic rings. The first-order valence-electron chi connectivity index (χ1n) is 18.9. The minimum atomic E-state index is 0.982. The van der Waals surface area contributed by atoms with E-state index in [0.717, 1.165) is 40.9 Å². The Morgan fingerprint density at radius 3 is 1.80 bits per heavy atom. The first-order chi connectivity index (χ1) is 26.5. The van der Waals surface area contributed by atoms with Gasteiger partial charge >= 0.3 is 0 Å². The number of anilines is 2. The fraction of sp³-hybridized carbons (Fsp3) is 0.0769. The van der Waals surface area contributed by atoms with Crippen LogP contribution in [0.1, 0.15) is 33.4 Å². The second-order valence-corrected chi connectivity index (χ2v) is 14.8. The molecule has 8 aromatic rings. The molecule has 2 heteroatoms. The molecular weight excluding hydrogens is 653 g/mol. The highest BCUT2D eigenvalue weighted by Gasteiger charge is 2.25. The van der Waals surface area contributed by atoms with E-state index in [1.54, 1.807) is 0 Å². The van der Waals surface area contributed by atoms with Gasteiger partial charge in [0.05, 0.1) is 16.7 Å². The van der Waals surface area contributed by atoms with Crippen molar-refractivity contribution in [2.75, 3.05) is 4.90 Å². The molecule has 0 amide bonds. The third-order valence-corrected chi connectivity index (χ3v) is 11.3. The lowest BCUT2D eigenvalue weighted by atomic mass is 9.82. The molecule has 0 radical (unpaired) electrons. The number of hydrogen-bond donors (Lipinski definition) is 0. The molecule has 1 aromatic heterocycles. The van der Waals surface area contributed by atoms with Crippen LogP contribution in [0.5, 0.6) is 0 Å². The van der Waals surface area contributed by atoms with Gasteiger partial charge < -0.3 is 9.47 Å². The predicted molar refractivity (Wildman–Crippen MR) is 230 cm³/mol. The molecular formula is C52H40N2. The third kappa shape index (κ3) is 5.42. The van der Waals surface area contributed by atoms with E-state index in [1.807, 2.05) is 0 Å². The Morgan fingerprint density at radius 1 is 0.500 bits per heavy atom. The van der Waals surface area contributed by atoms with E-state index in [9.17, 15) is 0 Å². The van der Waals surface area contributed by atoms with Gasteiger partial charge in [-0.3, -0.25) is 0 Å². The molecule has 0 unspecified atom stereocenters. The average Bonchev–Trinajstić information content (AvgIpc) is 3.52. The van der Waals surface area contributed by atoms with Crippen LogP contribution in [0.2, 0.25) is 0 Å². The van der Waals surface area contributed by atoms with Crippen molar-refractivity contribution in [3.8, 4) is 27.9 Å². The number of benzene rings is 7. The van der Waals surface area contributed by atoms with E-state index in [4.69, 9.17) is 0 Å². The lowest BCUT2D eigenvalue weighted by Crippen LogP contribution is -2.14. The summed E-state index contributed by atoms with van der Waals surface area (Å²) in [6.45, 7) is 8.95. The molecule has 0 bridgehead atoms. The number of aromatic nitrogens is 1. The molecule has 1 aliphatic heterocycles. The zero-order valence-electron chi connectivity index (χ0n) is 30.7.